The van der Waals surface area contributed by atoms with Crippen LogP contribution in [0.3, 0.4) is 0 Å². The van der Waals surface area contributed by atoms with Gasteiger partial charge in [-0.15, -0.1) is 0 Å². The molecule has 0 bridgehead atoms. The van der Waals surface area contributed by atoms with Gasteiger partial charge in [0, 0.05) is 24.8 Å². The fraction of sp³-hybridized carbons (Fsp3) is 0.842. The predicted molar refractivity (Wildman–Crippen MR) is 87.1 cm³/mol. The van der Waals surface area contributed by atoms with Crippen LogP contribution in [0.15, 0.2) is 0 Å². The van der Waals surface area contributed by atoms with E-state index < -0.39 is 5.97 Å². The molecule has 5 heteroatoms. The molecule has 0 aromatic heterocycles. The average molecular weight is 333 g/mol. The number of amides is 1. The molecule has 0 aromatic rings. The molecule has 4 fully saturated rings. The third-order valence-corrected chi connectivity index (χ3v) is 8.21. The van der Waals surface area contributed by atoms with Crippen LogP contribution in [0, 0.1) is 34.5 Å². The molecule has 4 unspecified atom stereocenters. The molecule has 4 aliphatic rings. The molecule has 132 valence electrons. The molecule has 24 heavy (non-hydrogen) atoms. The zero-order chi connectivity index (χ0) is 17.3. The highest BCUT2D eigenvalue weighted by molar-refractivity contribution is 5.86. The van der Waals surface area contributed by atoms with Gasteiger partial charge in [0.05, 0.1) is 5.92 Å². The summed E-state index contributed by atoms with van der Waals surface area (Å²) in [5.74, 6) is -0.217. The van der Waals surface area contributed by atoms with E-state index in [-0.39, 0.29) is 52.2 Å². The van der Waals surface area contributed by atoms with Gasteiger partial charge in [-0.3, -0.25) is 14.4 Å². The molecule has 1 heterocycles. The zero-order valence-corrected chi connectivity index (χ0v) is 14.5. The van der Waals surface area contributed by atoms with E-state index in [2.05, 4.69) is 19.2 Å². The highest BCUT2D eigenvalue weighted by atomic mass is 16.4. The largest absolute Gasteiger partial charge is 0.481 e. The molecular weight excluding hydrogens is 306 g/mol. The Morgan fingerprint density at radius 3 is 2.50 bits per heavy atom. The van der Waals surface area contributed by atoms with E-state index in [4.69, 9.17) is 0 Å². The van der Waals surface area contributed by atoms with Crippen LogP contribution in [0.4, 0.5) is 0 Å². The third kappa shape index (κ3) is 1.96. The minimum Gasteiger partial charge on any atom is -0.481 e. The highest BCUT2D eigenvalue weighted by Gasteiger charge is 2.63. The summed E-state index contributed by atoms with van der Waals surface area (Å²) in [6, 6.07) is -0.0338. The number of hydrogen-bond donors (Lipinski definition) is 2. The van der Waals surface area contributed by atoms with Crippen LogP contribution in [-0.2, 0) is 14.4 Å². The normalized spacial score (nSPS) is 50.5. The lowest BCUT2D eigenvalue weighted by Gasteiger charge is -2.59. The molecule has 1 amide bonds. The maximum atomic E-state index is 13.0. The van der Waals surface area contributed by atoms with Crippen molar-refractivity contribution in [2.75, 3.05) is 0 Å². The van der Waals surface area contributed by atoms with Crippen molar-refractivity contribution in [1.29, 1.82) is 0 Å². The van der Waals surface area contributed by atoms with Crippen molar-refractivity contribution in [3.05, 3.63) is 0 Å². The molecule has 1 aliphatic heterocycles. The number of Topliss-reactive ketones (excluding diaryl/α,β-unsaturated/α-hetero) is 1. The maximum Gasteiger partial charge on any atom is 0.307 e. The van der Waals surface area contributed by atoms with Crippen LogP contribution in [-0.4, -0.2) is 28.8 Å². The van der Waals surface area contributed by atoms with E-state index in [1.54, 1.807) is 0 Å². The van der Waals surface area contributed by atoms with Gasteiger partial charge in [-0.25, -0.2) is 0 Å². The molecule has 3 aliphatic carbocycles. The Balaban J connectivity index is 1.69. The van der Waals surface area contributed by atoms with Crippen LogP contribution >= 0.6 is 0 Å². The number of ketones is 1. The Morgan fingerprint density at radius 2 is 1.79 bits per heavy atom. The molecular formula is C19H27NO4. The fourth-order valence-electron chi connectivity index (χ4n) is 6.79. The van der Waals surface area contributed by atoms with Crippen molar-refractivity contribution in [2.45, 2.75) is 64.8 Å². The second-order valence-electron chi connectivity index (χ2n) is 9.05. The topological polar surface area (TPSA) is 83.5 Å². The molecule has 0 radical (unpaired) electrons. The first-order valence-electron chi connectivity index (χ1n) is 9.32. The van der Waals surface area contributed by atoms with Crippen molar-refractivity contribution in [3.8, 4) is 0 Å². The van der Waals surface area contributed by atoms with Crippen LogP contribution in [0.25, 0.3) is 0 Å². The molecule has 0 spiro atoms. The number of carbonyl (C=O) groups is 3. The Kier molecular flexibility index (Phi) is 3.39. The maximum absolute atomic E-state index is 13.0. The number of hydrogen-bond acceptors (Lipinski definition) is 3. The average Bonchev–Trinajstić information content (AvgIpc) is 2.86. The number of aliphatic carboxylic acids is 1. The van der Waals surface area contributed by atoms with Crippen molar-refractivity contribution in [2.24, 2.45) is 34.5 Å². The van der Waals surface area contributed by atoms with E-state index in [0.29, 0.717) is 19.3 Å². The van der Waals surface area contributed by atoms with Gasteiger partial charge in [0.15, 0.2) is 0 Å². The van der Waals surface area contributed by atoms with Crippen molar-refractivity contribution in [1.82, 2.24) is 5.32 Å². The molecule has 5 nitrogen and oxygen atoms in total. The first kappa shape index (κ1) is 16.1. The quantitative estimate of drug-likeness (QED) is 0.772. The summed E-state index contributed by atoms with van der Waals surface area (Å²) >= 11 is 0. The number of piperidine rings is 1. The Hall–Kier alpha value is -1.39. The van der Waals surface area contributed by atoms with Gasteiger partial charge >= 0.3 is 5.97 Å². The summed E-state index contributed by atoms with van der Waals surface area (Å²) < 4.78 is 0. The minimum atomic E-state index is -0.698. The van der Waals surface area contributed by atoms with Crippen LogP contribution in [0.1, 0.15) is 58.8 Å². The minimum absolute atomic E-state index is 0.00986. The fourth-order valence-corrected chi connectivity index (χ4v) is 6.79. The lowest BCUT2D eigenvalue weighted by atomic mass is 9.46. The number of rotatable bonds is 1. The van der Waals surface area contributed by atoms with Crippen LogP contribution in [0.2, 0.25) is 0 Å². The van der Waals surface area contributed by atoms with E-state index in [0.717, 1.165) is 25.7 Å². The van der Waals surface area contributed by atoms with Gasteiger partial charge in [-0.2, -0.15) is 0 Å². The van der Waals surface area contributed by atoms with E-state index >= 15 is 0 Å². The van der Waals surface area contributed by atoms with Crippen molar-refractivity contribution >= 4 is 17.7 Å². The van der Waals surface area contributed by atoms with Gasteiger partial charge in [0.25, 0.3) is 0 Å². The molecule has 0 aromatic carbocycles. The summed E-state index contributed by atoms with van der Waals surface area (Å²) in [5.41, 5.74) is -0.265. The second-order valence-corrected chi connectivity index (χ2v) is 9.05. The van der Waals surface area contributed by atoms with Gasteiger partial charge < -0.3 is 10.4 Å². The highest BCUT2D eigenvalue weighted by Crippen LogP contribution is 2.64. The van der Waals surface area contributed by atoms with Gasteiger partial charge in [-0.1, -0.05) is 13.8 Å². The first-order chi connectivity index (χ1) is 11.3. The number of carbonyl (C=O) groups excluding carboxylic acids is 2. The van der Waals surface area contributed by atoms with Gasteiger partial charge in [-0.05, 0) is 54.8 Å². The smallest absolute Gasteiger partial charge is 0.307 e. The standard InChI is InChI=1S/C19H27NO4/c1-18-7-5-11-16(10(18)3-4-12(18)17(23)24)13(21)9-14-19(11,2)8-6-15(22)20-14/h10-12,14,16H,3-9H2,1-2H3,(H,20,22)(H,23,24)/t10?,11?,12-,14?,16?,18+,19-/m1/s1. The molecule has 4 rings (SSSR count). The Labute approximate surface area is 142 Å². The van der Waals surface area contributed by atoms with E-state index in [1.807, 2.05) is 0 Å². The monoisotopic (exact) mass is 333 g/mol. The number of carboxylic acid groups (broad SMARTS) is 1. The molecule has 1 saturated heterocycles. The summed E-state index contributed by atoms with van der Waals surface area (Å²) in [6.45, 7) is 4.34. The number of carboxylic acids is 1. The lowest BCUT2D eigenvalue weighted by Crippen LogP contribution is -2.63. The number of nitrogens with one attached hydrogen (secondary N) is 1. The molecule has 3 saturated carbocycles. The van der Waals surface area contributed by atoms with Crippen LogP contribution < -0.4 is 5.32 Å². The Morgan fingerprint density at radius 1 is 1.08 bits per heavy atom. The first-order valence-corrected chi connectivity index (χ1v) is 9.32. The summed E-state index contributed by atoms with van der Waals surface area (Å²) in [7, 11) is 0. The number of fused-ring (bicyclic) bond motifs is 5. The molecule has 2 N–H and O–H groups in total. The van der Waals surface area contributed by atoms with E-state index in [9.17, 15) is 19.5 Å². The van der Waals surface area contributed by atoms with Gasteiger partial charge in [0.2, 0.25) is 5.91 Å². The van der Waals surface area contributed by atoms with E-state index in [1.165, 1.54) is 0 Å². The zero-order valence-electron chi connectivity index (χ0n) is 14.5. The summed E-state index contributed by atoms with van der Waals surface area (Å²) in [6.07, 6.45) is 5.17. The molecule has 7 atom stereocenters. The lowest BCUT2D eigenvalue weighted by molar-refractivity contribution is -0.160. The van der Waals surface area contributed by atoms with Crippen molar-refractivity contribution < 1.29 is 19.5 Å². The van der Waals surface area contributed by atoms with Gasteiger partial charge in [0.1, 0.15) is 5.78 Å². The van der Waals surface area contributed by atoms with Crippen LogP contribution in [0.5, 0.6) is 0 Å². The van der Waals surface area contributed by atoms with Crippen molar-refractivity contribution in [3.63, 3.8) is 0 Å². The third-order valence-electron chi connectivity index (χ3n) is 8.21. The Bertz CT molecular complexity index is 616. The summed E-state index contributed by atoms with van der Waals surface area (Å²) in [5, 5.41) is 12.7. The summed E-state index contributed by atoms with van der Waals surface area (Å²) in [4.78, 5) is 36.5. The predicted octanol–water partition coefficient (Wildman–Crippen LogP) is 2.39. The second kappa shape index (κ2) is 5.06. The SMILES string of the molecule is C[C@]12CCC(=O)NC1CC(=O)C1C2CC[C@@]2(C)C1CC[C@@H]2C(=O)O.